The van der Waals surface area contributed by atoms with Crippen LogP contribution in [0.5, 0.6) is 0 Å². The largest absolute Gasteiger partial charge is 0.294 e. The van der Waals surface area contributed by atoms with E-state index >= 15 is 0 Å². The first kappa shape index (κ1) is 10.4. The average molecular weight is 202 g/mol. The normalized spacial score (nSPS) is 16.9. The number of Topliss-reactive ketones (excluding diaryl/α,β-unsaturated/α-hetero) is 1. The predicted molar refractivity (Wildman–Crippen MR) is 62.1 cm³/mol. The van der Waals surface area contributed by atoms with E-state index in [-0.39, 0.29) is 0 Å². The molecule has 1 saturated carbocycles. The lowest BCUT2D eigenvalue weighted by Crippen LogP contribution is -2.13. The second kappa shape index (κ2) is 4.61. The van der Waals surface area contributed by atoms with Gasteiger partial charge in [-0.05, 0) is 24.8 Å². The van der Waals surface area contributed by atoms with Crippen LogP contribution in [-0.2, 0) is 6.42 Å². The molecule has 0 N–H and O–H groups in total. The lowest BCUT2D eigenvalue weighted by atomic mass is 9.92. The van der Waals surface area contributed by atoms with Gasteiger partial charge in [0.25, 0.3) is 0 Å². The van der Waals surface area contributed by atoms with E-state index < -0.39 is 0 Å². The molecule has 1 aliphatic carbocycles. The van der Waals surface area contributed by atoms with Crippen molar-refractivity contribution in [2.75, 3.05) is 0 Å². The second-order valence-electron chi connectivity index (χ2n) is 4.36. The van der Waals surface area contributed by atoms with Gasteiger partial charge in [0.2, 0.25) is 0 Å². The summed E-state index contributed by atoms with van der Waals surface area (Å²) < 4.78 is 0. The quantitative estimate of drug-likeness (QED) is 0.684. The summed E-state index contributed by atoms with van der Waals surface area (Å²) in [6.45, 7) is 2.11. The molecule has 1 heteroatoms. The van der Waals surface area contributed by atoms with Crippen molar-refractivity contribution in [2.24, 2.45) is 5.92 Å². The summed E-state index contributed by atoms with van der Waals surface area (Å²) in [6.07, 6.45) is 5.60. The van der Waals surface area contributed by atoms with Crippen molar-refractivity contribution < 1.29 is 4.79 Å². The second-order valence-corrected chi connectivity index (χ2v) is 4.36. The highest BCUT2D eigenvalue weighted by Gasteiger charge is 2.24. The summed E-state index contributed by atoms with van der Waals surface area (Å²) >= 11 is 0. The monoisotopic (exact) mass is 202 g/mol. The number of carbonyl (C=O) groups excluding carboxylic acids is 1. The fraction of sp³-hybridized carbons (Fsp3) is 0.500. The first-order chi connectivity index (χ1) is 7.33. The van der Waals surface area contributed by atoms with Crippen LogP contribution in [0.25, 0.3) is 0 Å². The molecular formula is C14H18O. The molecule has 1 fully saturated rings. The number of hydrogen-bond acceptors (Lipinski definition) is 1. The van der Waals surface area contributed by atoms with E-state index in [1.54, 1.807) is 0 Å². The molecular weight excluding hydrogens is 184 g/mol. The van der Waals surface area contributed by atoms with E-state index in [9.17, 15) is 4.79 Å². The van der Waals surface area contributed by atoms with E-state index in [1.807, 2.05) is 18.2 Å². The Balaban J connectivity index is 2.24. The molecule has 0 saturated heterocycles. The summed E-state index contributed by atoms with van der Waals surface area (Å²) in [5.41, 5.74) is 2.17. The fourth-order valence-corrected chi connectivity index (χ4v) is 2.48. The highest BCUT2D eigenvalue weighted by molar-refractivity contribution is 5.99. The van der Waals surface area contributed by atoms with Gasteiger partial charge < -0.3 is 0 Å². The van der Waals surface area contributed by atoms with E-state index in [1.165, 1.54) is 18.4 Å². The Hall–Kier alpha value is -1.11. The Morgan fingerprint density at radius 2 is 1.93 bits per heavy atom. The van der Waals surface area contributed by atoms with Gasteiger partial charge in [-0.3, -0.25) is 4.79 Å². The molecule has 0 aromatic heterocycles. The number of benzene rings is 1. The molecule has 0 spiro atoms. The number of rotatable bonds is 3. The Morgan fingerprint density at radius 3 is 2.60 bits per heavy atom. The Kier molecular flexibility index (Phi) is 3.20. The maximum atomic E-state index is 12.2. The molecule has 80 valence electrons. The van der Waals surface area contributed by atoms with Crippen LogP contribution in [0.2, 0.25) is 0 Å². The van der Waals surface area contributed by atoms with Crippen LogP contribution in [0.4, 0.5) is 0 Å². The number of carbonyl (C=O) groups is 1. The first-order valence-corrected chi connectivity index (χ1v) is 5.95. The fourth-order valence-electron chi connectivity index (χ4n) is 2.48. The smallest absolute Gasteiger partial charge is 0.166 e. The highest BCUT2D eigenvalue weighted by atomic mass is 16.1. The van der Waals surface area contributed by atoms with Crippen molar-refractivity contribution in [1.82, 2.24) is 0 Å². The minimum Gasteiger partial charge on any atom is -0.294 e. The molecule has 1 aromatic carbocycles. The van der Waals surface area contributed by atoms with Gasteiger partial charge in [0.1, 0.15) is 0 Å². The Morgan fingerprint density at radius 1 is 1.27 bits per heavy atom. The highest BCUT2D eigenvalue weighted by Crippen LogP contribution is 2.29. The standard InChI is InChI=1S/C14H18O/c1-2-11-7-5-6-10-13(11)14(15)12-8-3-4-9-12/h5-7,10,12H,2-4,8-9H2,1H3. The third kappa shape index (κ3) is 2.11. The molecule has 0 bridgehead atoms. The van der Waals surface area contributed by atoms with Crippen LogP contribution in [-0.4, -0.2) is 5.78 Å². The van der Waals surface area contributed by atoms with Gasteiger partial charge in [-0.1, -0.05) is 44.0 Å². The van der Waals surface area contributed by atoms with Crippen molar-refractivity contribution >= 4 is 5.78 Å². The van der Waals surface area contributed by atoms with Crippen molar-refractivity contribution in [1.29, 1.82) is 0 Å². The topological polar surface area (TPSA) is 17.1 Å². The minimum absolute atomic E-state index is 0.303. The summed E-state index contributed by atoms with van der Waals surface area (Å²) in [6, 6.07) is 8.05. The maximum absolute atomic E-state index is 12.2. The molecule has 2 rings (SSSR count). The molecule has 0 aliphatic heterocycles. The molecule has 0 atom stereocenters. The van der Waals surface area contributed by atoms with Crippen LogP contribution >= 0.6 is 0 Å². The van der Waals surface area contributed by atoms with Crippen molar-refractivity contribution in [3.8, 4) is 0 Å². The zero-order valence-corrected chi connectivity index (χ0v) is 9.33. The Labute approximate surface area is 91.5 Å². The van der Waals surface area contributed by atoms with Gasteiger partial charge in [0, 0.05) is 11.5 Å². The first-order valence-electron chi connectivity index (χ1n) is 5.95. The van der Waals surface area contributed by atoms with Crippen molar-refractivity contribution in [3.63, 3.8) is 0 Å². The zero-order chi connectivity index (χ0) is 10.7. The molecule has 1 nitrogen and oxygen atoms in total. The third-order valence-corrected chi connectivity index (χ3v) is 3.39. The summed E-state index contributed by atoms with van der Waals surface area (Å²) in [7, 11) is 0. The van der Waals surface area contributed by atoms with Crippen LogP contribution in [0, 0.1) is 5.92 Å². The summed E-state index contributed by atoms with van der Waals surface area (Å²) in [4.78, 5) is 12.2. The number of aryl methyl sites for hydroxylation is 1. The third-order valence-electron chi connectivity index (χ3n) is 3.39. The molecule has 1 aromatic rings. The minimum atomic E-state index is 0.303. The predicted octanol–water partition coefficient (Wildman–Crippen LogP) is 3.62. The van der Waals surface area contributed by atoms with E-state index in [0.717, 1.165) is 24.8 Å². The number of hydrogen-bond donors (Lipinski definition) is 0. The van der Waals surface area contributed by atoms with Gasteiger partial charge in [-0.15, -0.1) is 0 Å². The molecule has 1 aliphatic rings. The molecule has 0 radical (unpaired) electrons. The summed E-state index contributed by atoms with van der Waals surface area (Å²) in [5.74, 6) is 0.683. The van der Waals surface area contributed by atoms with Crippen LogP contribution in [0.3, 0.4) is 0 Å². The van der Waals surface area contributed by atoms with Gasteiger partial charge in [0.05, 0.1) is 0 Å². The van der Waals surface area contributed by atoms with Crippen LogP contribution in [0.15, 0.2) is 24.3 Å². The SMILES string of the molecule is CCc1ccccc1C(=O)C1CCCC1. The zero-order valence-electron chi connectivity index (χ0n) is 9.33. The van der Waals surface area contributed by atoms with Crippen molar-refractivity contribution in [3.05, 3.63) is 35.4 Å². The van der Waals surface area contributed by atoms with E-state index in [0.29, 0.717) is 11.7 Å². The van der Waals surface area contributed by atoms with Crippen LogP contribution < -0.4 is 0 Å². The Bertz CT molecular complexity index is 348. The van der Waals surface area contributed by atoms with Gasteiger partial charge in [-0.2, -0.15) is 0 Å². The van der Waals surface area contributed by atoms with Gasteiger partial charge in [-0.25, -0.2) is 0 Å². The lowest BCUT2D eigenvalue weighted by Gasteiger charge is -2.11. The maximum Gasteiger partial charge on any atom is 0.166 e. The number of ketones is 1. The van der Waals surface area contributed by atoms with Gasteiger partial charge >= 0.3 is 0 Å². The van der Waals surface area contributed by atoms with Gasteiger partial charge in [0.15, 0.2) is 5.78 Å². The van der Waals surface area contributed by atoms with Crippen molar-refractivity contribution in [2.45, 2.75) is 39.0 Å². The van der Waals surface area contributed by atoms with E-state index in [4.69, 9.17) is 0 Å². The molecule has 0 heterocycles. The summed E-state index contributed by atoms with van der Waals surface area (Å²) in [5, 5.41) is 0. The molecule has 15 heavy (non-hydrogen) atoms. The molecule has 0 amide bonds. The molecule has 0 unspecified atom stereocenters. The van der Waals surface area contributed by atoms with Crippen LogP contribution in [0.1, 0.15) is 48.5 Å². The lowest BCUT2D eigenvalue weighted by molar-refractivity contribution is 0.0922. The van der Waals surface area contributed by atoms with E-state index in [2.05, 4.69) is 13.0 Å². The average Bonchev–Trinajstić information content (AvgIpc) is 2.81.